The summed E-state index contributed by atoms with van der Waals surface area (Å²) in [4.78, 5) is 24.1. The predicted octanol–water partition coefficient (Wildman–Crippen LogP) is 2.12. The maximum Gasteiger partial charge on any atom is 0.317 e. The van der Waals surface area contributed by atoms with Crippen molar-refractivity contribution in [2.24, 2.45) is 0 Å². The summed E-state index contributed by atoms with van der Waals surface area (Å²) in [5, 5.41) is 11.3. The van der Waals surface area contributed by atoms with E-state index >= 15 is 0 Å². The third-order valence-electron chi connectivity index (χ3n) is 4.59. The normalized spacial score (nSPS) is 21.4. The summed E-state index contributed by atoms with van der Waals surface area (Å²) >= 11 is 0. The van der Waals surface area contributed by atoms with Gasteiger partial charge in [0.15, 0.2) is 0 Å². The van der Waals surface area contributed by atoms with Crippen LogP contribution in [0.15, 0.2) is 33.6 Å². The van der Waals surface area contributed by atoms with Crippen molar-refractivity contribution >= 4 is 5.97 Å². The van der Waals surface area contributed by atoms with Crippen molar-refractivity contribution in [1.29, 1.82) is 0 Å². The van der Waals surface area contributed by atoms with Gasteiger partial charge >= 0.3 is 5.97 Å². The highest BCUT2D eigenvalue weighted by Gasteiger charge is 2.32. The molecule has 0 aliphatic carbocycles. The Morgan fingerprint density at radius 1 is 1.36 bits per heavy atom. The van der Waals surface area contributed by atoms with Gasteiger partial charge in [0.1, 0.15) is 17.4 Å². The molecule has 8 heteroatoms. The van der Waals surface area contributed by atoms with E-state index in [1.165, 1.54) is 18.2 Å². The number of aliphatic carboxylic acids is 1. The van der Waals surface area contributed by atoms with E-state index < -0.39 is 17.6 Å². The van der Waals surface area contributed by atoms with Crippen LogP contribution in [0.25, 0.3) is 0 Å². The van der Waals surface area contributed by atoms with Crippen LogP contribution in [-0.2, 0) is 11.2 Å². The third kappa shape index (κ3) is 4.14. The minimum Gasteiger partial charge on any atom is -0.480 e. The minimum atomic E-state index is -0.962. The molecule has 0 amide bonds. The molecule has 2 aromatic rings. The van der Waals surface area contributed by atoms with Gasteiger partial charge in [-0.25, -0.2) is 8.78 Å². The van der Waals surface area contributed by atoms with E-state index in [1.54, 1.807) is 4.90 Å². The number of nitrogens with one attached hydrogen (secondary N) is 1. The molecule has 1 aliphatic heterocycles. The number of hydrogen-bond donors (Lipinski definition) is 2. The molecule has 6 nitrogen and oxygen atoms in total. The number of hydrogen-bond acceptors (Lipinski definition) is 4. The molecule has 0 bridgehead atoms. The van der Waals surface area contributed by atoms with Gasteiger partial charge in [0.25, 0.3) is 5.56 Å². The van der Waals surface area contributed by atoms with E-state index in [9.17, 15) is 18.4 Å². The summed E-state index contributed by atoms with van der Waals surface area (Å²) in [6.45, 7) is 0.330. The summed E-state index contributed by atoms with van der Waals surface area (Å²) in [5.41, 5.74) is 0.00190. The van der Waals surface area contributed by atoms with E-state index in [4.69, 9.17) is 9.63 Å². The number of likely N-dealkylation sites (tertiary alicyclic amines) is 1. The Bertz CT molecular complexity index is 817. The van der Waals surface area contributed by atoms with E-state index in [1.807, 2.05) is 0 Å². The highest BCUT2D eigenvalue weighted by molar-refractivity contribution is 5.69. The topological polar surface area (TPSA) is 86.5 Å². The molecule has 2 heterocycles. The molecule has 3 rings (SSSR count). The predicted molar refractivity (Wildman–Crippen MR) is 84.4 cm³/mol. The van der Waals surface area contributed by atoms with Crippen LogP contribution in [-0.4, -0.2) is 40.3 Å². The van der Waals surface area contributed by atoms with E-state index in [0.29, 0.717) is 30.7 Å². The molecule has 2 unspecified atom stereocenters. The quantitative estimate of drug-likeness (QED) is 0.861. The van der Waals surface area contributed by atoms with E-state index in [2.05, 4.69) is 5.16 Å². The van der Waals surface area contributed by atoms with Gasteiger partial charge in [-0.05, 0) is 37.4 Å². The number of rotatable bonds is 5. The van der Waals surface area contributed by atoms with Crippen LogP contribution in [0, 0.1) is 11.6 Å². The van der Waals surface area contributed by atoms with Crippen molar-refractivity contribution in [3.63, 3.8) is 0 Å². The Hall–Kier alpha value is -2.48. The molecule has 0 spiro atoms. The molecule has 1 aliphatic rings. The lowest BCUT2D eigenvalue weighted by Crippen LogP contribution is -2.45. The highest BCUT2D eigenvalue weighted by atomic mass is 19.1. The number of nitrogens with zero attached hydrogens (tertiary/aromatic N) is 1. The number of aromatic nitrogens is 1. The second-order valence-corrected chi connectivity index (χ2v) is 6.29. The Balaban J connectivity index is 1.81. The molecule has 0 saturated carbocycles. The van der Waals surface area contributed by atoms with Gasteiger partial charge in [-0.15, -0.1) is 0 Å². The zero-order valence-corrected chi connectivity index (χ0v) is 13.4. The highest BCUT2D eigenvalue weighted by Crippen LogP contribution is 2.32. The van der Waals surface area contributed by atoms with Crippen molar-refractivity contribution in [2.45, 2.75) is 31.2 Å². The monoisotopic (exact) mass is 352 g/mol. The number of carboxylic acid groups (broad SMARTS) is 1. The number of aromatic amines is 1. The Morgan fingerprint density at radius 2 is 2.16 bits per heavy atom. The molecule has 1 saturated heterocycles. The Morgan fingerprint density at radius 3 is 2.80 bits per heavy atom. The van der Waals surface area contributed by atoms with Crippen LogP contribution in [0.3, 0.4) is 0 Å². The van der Waals surface area contributed by atoms with Crippen molar-refractivity contribution in [3.05, 3.63) is 57.6 Å². The summed E-state index contributed by atoms with van der Waals surface area (Å²) in [5.74, 6) is -1.80. The van der Waals surface area contributed by atoms with Gasteiger partial charge in [0.2, 0.25) is 0 Å². The summed E-state index contributed by atoms with van der Waals surface area (Å²) in [6.07, 6.45) is 1.41. The summed E-state index contributed by atoms with van der Waals surface area (Å²) in [7, 11) is 0. The molecule has 1 aromatic carbocycles. The number of H-pyrrole nitrogens is 1. The fourth-order valence-corrected chi connectivity index (χ4v) is 3.39. The van der Waals surface area contributed by atoms with Crippen LogP contribution in [0.2, 0.25) is 0 Å². The summed E-state index contributed by atoms with van der Waals surface area (Å²) < 4.78 is 32.2. The van der Waals surface area contributed by atoms with Gasteiger partial charge in [-0.3, -0.25) is 14.5 Å². The van der Waals surface area contributed by atoms with Gasteiger partial charge in [-0.2, -0.15) is 5.16 Å². The zero-order valence-electron chi connectivity index (χ0n) is 13.4. The first-order valence-electron chi connectivity index (χ1n) is 8.00. The summed E-state index contributed by atoms with van der Waals surface area (Å²) in [6, 6.07) is 4.51. The minimum absolute atomic E-state index is 0.0579. The number of piperidine rings is 1. The average molecular weight is 352 g/mol. The third-order valence-corrected chi connectivity index (χ3v) is 4.59. The second-order valence-electron chi connectivity index (χ2n) is 6.29. The van der Waals surface area contributed by atoms with Crippen LogP contribution in [0.5, 0.6) is 0 Å². The van der Waals surface area contributed by atoms with Gasteiger partial charge in [-0.1, -0.05) is 6.07 Å². The number of carbonyl (C=O) groups is 1. The number of benzene rings is 1. The molecule has 0 radical (unpaired) electrons. The van der Waals surface area contributed by atoms with E-state index in [0.717, 1.165) is 6.07 Å². The second kappa shape index (κ2) is 7.18. The van der Waals surface area contributed by atoms with Gasteiger partial charge < -0.3 is 9.63 Å². The molecule has 1 aromatic heterocycles. The van der Waals surface area contributed by atoms with Crippen molar-refractivity contribution in [3.8, 4) is 0 Å². The lowest BCUT2D eigenvalue weighted by Gasteiger charge is -2.38. The maximum absolute atomic E-state index is 14.0. The average Bonchev–Trinajstić information content (AvgIpc) is 2.97. The van der Waals surface area contributed by atoms with Crippen LogP contribution in [0.4, 0.5) is 8.78 Å². The lowest BCUT2D eigenvalue weighted by molar-refractivity contribution is -0.139. The Kier molecular flexibility index (Phi) is 4.98. The maximum atomic E-state index is 14.0. The largest absolute Gasteiger partial charge is 0.480 e. The molecule has 25 heavy (non-hydrogen) atoms. The Labute approximate surface area is 142 Å². The SMILES string of the molecule is O=C(O)CN1CCC(c2cc(=O)[nH]o2)CC1Cc1ccc(F)cc1F. The lowest BCUT2D eigenvalue weighted by atomic mass is 9.86. The fraction of sp³-hybridized carbons (Fsp3) is 0.412. The van der Waals surface area contributed by atoms with Crippen LogP contribution >= 0.6 is 0 Å². The first-order valence-corrected chi connectivity index (χ1v) is 8.00. The molecule has 2 N–H and O–H groups in total. The van der Waals surface area contributed by atoms with Crippen LogP contribution in [0.1, 0.15) is 30.1 Å². The van der Waals surface area contributed by atoms with Crippen LogP contribution < -0.4 is 5.56 Å². The fourth-order valence-electron chi connectivity index (χ4n) is 3.39. The first-order chi connectivity index (χ1) is 11.9. The van der Waals surface area contributed by atoms with Crippen molar-refractivity contribution in [2.75, 3.05) is 13.1 Å². The van der Waals surface area contributed by atoms with Crippen molar-refractivity contribution < 1.29 is 23.2 Å². The molecular formula is C17H18F2N2O4. The van der Waals surface area contributed by atoms with Gasteiger partial charge in [0.05, 0.1) is 6.54 Å². The molecule has 1 fully saturated rings. The molecule has 2 atom stereocenters. The number of halogens is 2. The van der Waals surface area contributed by atoms with Crippen molar-refractivity contribution in [1.82, 2.24) is 10.1 Å². The molecule has 134 valence electrons. The first kappa shape index (κ1) is 17.3. The number of carboxylic acids is 1. The van der Waals surface area contributed by atoms with E-state index in [-0.39, 0.29) is 30.5 Å². The smallest absolute Gasteiger partial charge is 0.317 e. The van der Waals surface area contributed by atoms with Gasteiger partial charge in [0, 0.05) is 24.1 Å². The standard InChI is InChI=1S/C17H18F2N2O4/c18-12-2-1-10(14(19)7-12)5-13-6-11(15-8-16(22)20-25-15)3-4-21(13)9-17(23)24/h1-2,7-8,11,13H,3-6,9H2,(H,20,22)(H,23,24). The molecular weight excluding hydrogens is 334 g/mol. The zero-order chi connectivity index (χ0) is 18.0.